The monoisotopic (exact) mass is 277 g/mol. The van der Waals surface area contributed by atoms with E-state index in [0.29, 0.717) is 6.61 Å². The Balaban J connectivity index is 2.38. The number of hydrogen-bond donors (Lipinski definition) is 1. The van der Waals surface area contributed by atoms with E-state index >= 15 is 0 Å². The number of carbonyl (C=O) groups is 1. The second-order valence-electron chi connectivity index (χ2n) is 2.16. The van der Waals surface area contributed by atoms with Gasteiger partial charge in [0.25, 0.3) is 0 Å². The van der Waals surface area contributed by atoms with Gasteiger partial charge in [-0.15, -0.1) is 0 Å². The van der Waals surface area contributed by atoms with Crippen molar-refractivity contribution in [3.63, 3.8) is 0 Å². The molecule has 64 valence electrons. The lowest BCUT2D eigenvalue weighted by molar-refractivity contribution is 0.148. The van der Waals surface area contributed by atoms with Crippen LogP contribution in [0.25, 0.3) is 0 Å². The molecule has 0 bridgehead atoms. The first kappa shape index (κ1) is 9.31. The molecule has 3 nitrogen and oxygen atoms in total. The Hall–Kier alpha value is -0.780. The maximum Gasteiger partial charge on any atom is 0.416 e. The fourth-order valence-electron chi connectivity index (χ4n) is 0.750. The summed E-state index contributed by atoms with van der Waals surface area (Å²) in [6.07, 6.45) is -0.417. The second kappa shape index (κ2) is 4.97. The SMILES string of the molecule is O=C(NI)OCc1ccccc1. The van der Waals surface area contributed by atoms with Crippen LogP contribution in [-0.4, -0.2) is 6.09 Å². The first-order valence-electron chi connectivity index (χ1n) is 3.40. The zero-order valence-electron chi connectivity index (χ0n) is 6.29. The van der Waals surface area contributed by atoms with Gasteiger partial charge in [0.05, 0.1) is 22.9 Å². The van der Waals surface area contributed by atoms with Gasteiger partial charge in [0, 0.05) is 0 Å². The molecule has 1 aromatic carbocycles. The van der Waals surface area contributed by atoms with Crippen LogP contribution in [0.15, 0.2) is 30.3 Å². The van der Waals surface area contributed by atoms with Crippen LogP contribution in [0.2, 0.25) is 0 Å². The summed E-state index contributed by atoms with van der Waals surface area (Å²) in [5.41, 5.74) is 0.984. The molecule has 0 aliphatic carbocycles. The van der Waals surface area contributed by atoms with Gasteiger partial charge in [0.2, 0.25) is 0 Å². The molecule has 1 rings (SSSR count). The van der Waals surface area contributed by atoms with Crippen molar-refractivity contribution in [2.24, 2.45) is 0 Å². The van der Waals surface area contributed by atoms with Crippen LogP contribution in [0.5, 0.6) is 0 Å². The Morgan fingerprint density at radius 3 is 2.67 bits per heavy atom. The van der Waals surface area contributed by atoms with Gasteiger partial charge in [-0.25, -0.2) is 4.79 Å². The van der Waals surface area contributed by atoms with Crippen LogP contribution in [0.3, 0.4) is 0 Å². The largest absolute Gasteiger partial charge is 0.444 e. The molecule has 0 unspecified atom stereocenters. The minimum atomic E-state index is -0.417. The van der Waals surface area contributed by atoms with E-state index in [1.807, 2.05) is 30.3 Å². The molecule has 0 spiro atoms. The maximum absolute atomic E-state index is 10.6. The van der Waals surface area contributed by atoms with Gasteiger partial charge in [0.15, 0.2) is 0 Å². The molecule has 0 saturated heterocycles. The first-order valence-corrected chi connectivity index (χ1v) is 4.48. The lowest BCUT2D eigenvalue weighted by Crippen LogP contribution is -2.13. The Kier molecular flexibility index (Phi) is 3.86. The molecule has 0 fully saturated rings. The molecule has 0 aliphatic heterocycles. The van der Waals surface area contributed by atoms with E-state index in [1.54, 1.807) is 22.9 Å². The maximum atomic E-state index is 10.6. The van der Waals surface area contributed by atoms with Crippen LogP contribution < -0.4 is 3.53 Å². The van der Waals surface area contributed by atoms with Crippen molar-refractivity contribution in [1.29, 1.82) is 0 Å². The van der Waals surface area contributed by atoms with Gasteiger partial charge in [-0.2, -0.15) is 0 Å². The predicted molar refractivity (Wildman–Crippen MR) is 53.8 cm³/mol. The molecule has 0 saturated carbocycles. The third-order valence-corrected chi connectivity index (χ3v) is 1.73. The molecule has 12 heavy (non-hydrogen) atoms. The van der Waals surface area contributed by atoms with Gasteiger partial charge in [-0.1, -0.05) is 30.3 Å². The van der Waals surface area contributed by atoms with Gasteiger partial charge in [-0.05, 0) is 5.56 Å². The summed E-state index contributed by atoms with van der Waals surface area (Å²) in [6, 6.07) is 9.53. The third kappa shape index (κ3) is 3.08. The van der Waals surface area contributed by atoms with Crippen LogP contribution >= 0.6 is 22.9 Å². The highest BCUT2D eigenvalue weighted by atomic mass is 127. The van der Waals surface area contributed by atoms with Crippen LogP contribution in [0, 0.1) is 0 Å². The number of ether oxygens (including phenoxy) is 1. The minimum Gasteiger partial charge on any atom is -0.444 e. The van der Waals surface area contributed by atoms with E-state index in [4.69, 9.17) is 4.74 Å². The zero-order valence-corrected chi connectivity index (χ0v) is 8.45. The van der Waals surface area contributed by atoms with Crippen molar-refractivity contribution in [2.75, 3.05) is 0 Å². The standard InChI is InChI=1S/C8H8INO2/c9-10-8(11)12-6-7-4-2-1-3-5-7/h1-5H,6H2,(H,10,11). The third-order valence-electron chi connectivity index (χ3n) is 1.29. The van der Waals surface area contributed by atoms with Crippen molar-refractivity contribution in [2.45, 2.75) is 6.61 Å². The number of carbonyl (C=O) groups excluding carboxylic acids is 1. The number of amides is 1. The lowest BCUT2D eigenvalue weighted by Gasteiger charge is -2.01. The van der Waals surface area contributed by atoms with E-state index in [-0.39, 0.29) is 0 Å². The molecule has 4 heteroatoms. The van der Waals surface area contributed by atoms with Gasteiger partial charge >= 0.3 is 6.09 Å². The summed E-state index contributed by atoms with van der Waals surface area (Å²) < 4.78 is 7.16. The molecule has 1 N–H and O–H groups in total. The Labute approximate surface area is 84.6 Å². The van der Waals surface area contributed by atoms with E-state index in [9.17, 15) is 4.79 Å². The summed E-state index contributed by atoms with van der Waals surface area (Å²) >= 11 is 1.73. The van der Waals surface area contributed by atoms with Crippen molar-refractivity contribution in [3.05, 3.63) is 35.9 Å². The lowest BCUT2D eigenvalue weighted by atomic mass is 10.2. The van der Waals surface area contributed by atoms with Gasteiger partial charge < -0.3 is 4.74 Å². The molecule has 0 heterocycles. The number of nitrogens with one attached hydrogen (secondary N) is 1. The Bertz CT molecular complexity index is 250. The molecular formula is C8H8INO2. The molecule has 0 aliphatic rings. The molecular weight excluding hydrogens is 269 g/mol. The summed E-state index contributed by atoms with van der Waals surface area (Å²) in [5.74, 6) is 0. The van der Waals surface area contributed by atoms with Gasteiger partial charge in [-0.3, -0.25) is 3.53 Å². The van der Waals surface area contributed by atoms with Crippen LogP contribution in [-0.2, 0) is 11.3 Å². The fraction of sp³-hybridized carbons (Fsp3) is 0.125. The average molecular weight is 277 g/mol. The van der Waals surface area contributed by atoms with Crippen molar-refractivity contribution in [3.8, 4) is 0 Å². The Morgan fingerprint density at radius 1 is 1.42 bits per heavy atom. The quantitative estimate of drug-likeness (QED) is 0.665. The molecule has 0 aromatic heterocycles. The summed E-state index contributed by atoms with van der Waals surface area (Å²) in [4.78, 5) is 10.6. The summed E-state index contributed by atoms with van der Waals surface area (Å²) in [6.45, 7) is 0.315. The average Bonchev–Trinajstić information content (AvgIpc) is 2.16. The minimum absolute atomic E-state index is 0.315. The van der Waals surface area contributed by atoms with E-state index in [1.165, 1.54) is 0 Å². The van der Waals surface area contributed by atoms with E-state index < -0.39 is 6.09 Å². The van der Waals surface area contributed by atoms with Crippen molar-refractivity contribution >= 4 is 29.0 Å². The zero-order chi connectivity index (χ0) is 8.81. The molecule has 1 amide bonds. The smallest absolute Gasteiger partial charge is 0.416 e. The molecule has 0 atom stereocenters. The predicted octanol–water partition coefficient (Wildman–Crippen LogP) is 2.26. The highest BCUT2D eigenvalue weighted by molar-refractivity contribution is 14.1. The highest BCUT2D eigenvalue weighted by Gasteiger charge is 1.97. The fourth-order valence-corrected chi connectivity index (χ4v) is 0.906. The topological polar surface area (TPSA) is 38.3 Å². The normalized spacial score (nSPS) is 9.08. The number of rotatable bonds is 2. The van der Waals surface area contributed by atoms with Crippen molar-refractivity contribution in [1.82, 2.24) is 3.53 Å². The summed E-state index contributed by atoms with van der Waals surface area (Å²) in [7, 11) is 0. The van der Waals surface area contributed by atoms with Gasteiger partial charge in [0.1, 0.15) is 6.61 Å². The Morgan fingerprint density at radius 2 is 2.08 bits per heavy atom. The van der Waals surface area contributed by atoms with Crippen LogP contribution in [0.4, 0.5) is 4.79 Å². The van der Waals surface area contributed by atoms with E-state index in [0.717, 1.165) is 5.56 Å². The number of benzene rings is 1. The first-order chi connectivity index (χ1) is 5.83. The molecule has 0 radical (unpaired) electrons. The van der Waals surface area contributed by atoms with Crippen LogP contribution in [0.1, 0.15) is 5.56 Å². The van der Waals surface area contributed by atoms with Crippen molar-refractivity contribution < 1.29 is 9.53 Å². The summed E-state index contributed by atoms with van der Waals surface area (Å²) in [5, 5.41) is 0. The van der Waals surface area contributed by atoms with E-state index in [2.05, 4.69) is 3.53 Å². The number of hydrogen-bond acceptors (Lipinski definition) is 2. The molecule has 1 aromatic rings. The second-order valence-corrected chi connectivity index (χ2v) is 2.70. The number of halogens is 1. The highest BCUT2D eigenvalue weighted by Crippen LogP contribution is 2.00.